The fourth-order valence-corrected chi connectivity index (χ4v) is 2.77. The van der Waals surface area contributed by atoms with Gasteiger partial charge < -0.3 is 10.6 Å². The zero-order valence-corrected chi connectivity index (χ0v) is 14.8. The van der Waals surface area contributed by atoms with Crippen molar-refractivity contribution < 1.29 is 9.18 Å². The molecule has 1 heterocycles. The van der Waals surface area contributed by atoms with Gasteiger partial charge in [-0.1, -0.05) is 23.8 Å². The third-order valence-electron chi connectivity index (χ3n) is 3.91. The van der Waals surface area contributed by atoms with E-state index >= 15 is 0 Å². The summed E-state index contributed by atoms with van der Waals surface area (Å²) in [6.45, 7) is 6.08. The zero-order chi connectivity index (χ0) is 18.7. The van der Waals surface area contributed by atoms with Crippen LogP contribution >= 0.6 is 0 Å². The molecule has 0 fully saturated rings. The van der Waals surface area contributed by atoms with Gasteiger partial charge in [-0.3, -0.25) is 4.79 Å². The summed E-state index contributed by atoms with van der Waals surface area (Å²) in [5, 5.41) is 5.80. The lowest BCUT2D eigenvalue weighted by atomic mass is 10.1. The van der Waals surface area contributed by atoms with Crippen LogP contribution in [0.1, 0.15) is 27.0 Å². The first kappa shape index (κ1) is 17.5. The maximum absolute atomic E-state index is 13.2. The van der Waals surface area contributed by atoms with Gasteiger partial charge in [0, 0.05) is 23.8 Å². The average molecular weight is 350 g/mol. The summed E-state index contributed by atoms with van der Waals surface area (Å²) in [7, 11) is 0. The van der Waals surface area contributed by atoms with E-state index in [1.54, 1.807) is 6.07 Å². The lowest BCUT2D eigenvalue weighted by Crippen LogP contribution is -2.13. The van der Waals surface area contributed by atoms with Crippen molar-refractivity contribution >= 4 is 23.2 Å². The molecule has 0 saturated heterocycles. The van der Waals surface area contributed by atoms with Gasteiger partial charge in [-0.15, -0.1) is 0 Å². The number of amides is 1. The molecule has 1 amide bonds. The van der Waals surface area contributed by atoms with Crippen molar-refractivity contribution in [2.24, 2.45) is 0 Å². The minimum absolute atomic E-state index is 0.289. The van der Waals surface area contributed by atoms with Crippen LogP contribution in [-0.2, 0) is 0 Å². The number of aromatic nitrogens is 2. The SMILES string of the molecule is Cc1cc(C)c(Nc2ncc(C(=O)Nc3cccc(F)c3)cn2)c(C)c1. The monoisotopic (exact) mass is 350 g/mol. The summed E-state index contributed by atoms with van der Waals surface area (Å²) in [5.74, 6) is -0.408. The van der Waals surface area contributed by atoms with Crippen LogP contribution in [0.5, 0.6) is 0 Å². The van der Waals surface area contributed by atoms with Crippen LogP contribution in [0.15, 0.2) is 48.8 Å². The van der Waals surface area contributed by atoms with Gasteiger partial charge in [-0.25, -0.2) is 14.4 Å². The van der Waals surface area contributed by atoms with Gasteiger partial charge in [0.2, 0.25) is 5.95 Å². The van der Waals surface area contributed by atoms with Crippen molar-refractivity contribution in [3.63, 3.8) is 0 Å². The molecule has 132 valence electrons. The number of carbonyl (C=O) groups excluding carboxylic acids is 1. The van der Waals surface area contributed by atoms with Crippen LogP contribution in [0.4, 0.5) is 21.7 Å². The Kier molecular flexibility index (Phi) is 4.93. The molecular weight excluding hydrogens is 331 g/mol. The van der Waals surface area contributed by atoms with E-state index in [-0.39, 0.29) is 5.56 Å². The number of aryl methyl sites for hydroxylation is 3. The molecule has 0 spiro atoms. The highest BCUT2D eigenvalue weighted by atomic mass is 19.1. The van der Waals surface area contributed by atoms with Gasteiger partial charge in [0.05, 0.1) is 5.56 Å². The molecule has 0 radical (unpaired) electrons. The Morgan fingerprint density at radius 2 is 1.65 bits per heavy atom. The molecule has 6 heteroatoms. The van der Waals surface area contributed by atoms with Crippen LogP contribution in [0, 0.1) is 26.6 Å². The minimum atomic E-state index is -0.414. The van der Waals surface area contributed by atoms with Crippen LogP contribution in [-0.4, -0.2) is 15.9 Å². The molecule has 0 bridgehead atoms. The van der Waals surface area contributed by atoms with Crippen LogP contribution < -0.4 is 10.6 Å². The largest absolute Gasteiger partial charge is 0.324 e. The van der Waals surface area contributed by atoms with Gasteiger partial charge in [-0.2, -0.15) is 0 Å². The first-order chi connectivity index (χ1) is 12.4. The maximum atomic E-state index is 13.2. The second-order valence-corrected chi connectivity index (χ2v) is 6.16. The number of rotatable bonds is 4. The summed E-state index contributed by atoms with van der Waals surface area (Å²) >= 11 is 0. The highest BCUT2D eigenvalue weighted by Crippen LogP contribution is 2.24. The first-order valence-electron chi connectivity index (χ1n) is 8.16. The van der Waals surface area contributed by atoms with Gasteiger partial charge in [0.1, 0.15) is 5.82 Å². The molecule has 2 N–H and O–H groups in total. The number of hydrogen-bond donors (Lipinski definition) is 2. The standard InChI is InChI=1S/C20H19FN4O/c1-12-7-13(2)18(14(3)8-12)25-20-22-10-15(11-23-20)19(26)24-17-6-4-5-16(21)9-17/h4-11H,1-3H3,(H,24,26)(H,22,23,25). The van der Waals surface area contributed by atoms with Gasteiger partial charge >= 0.3 is 0 Å². The summed E-state index contributed by atoms with van der Waals surface area (Å²) in [5.41, 5.74) is 5.00. The van der Waals surface area contributed by atoms with E-state index < -0.39 is 11.7 Å². The second-order valence-electron chi connectivity index (χ2n) is 6.16. The highest BCUT2D eigenvalue weighted by molar-refractivity contribution is 6.03. The lowest BCUT2D eigenvalue weighted by molar-refractivity contribution is 0.102. The Balaban J connectivity index is 1.73. The number of nitrogens with one attached hydrogen (secondary N) is 2. The number of benzene rings is 2. The minimum Gasteiger partial charge on any atom is -0.324 e. The fraction of sp³-hybridized carbons (Fsp3) is 0.150. The third kappa shape index (κ3) is 4.03. The van der Waals surface area contributed by atoms with Crippen molar-refractivity contribution in [2.45, 2.75) is 20.8 Å². The van der Waals surface area contributed by atoms with Gasteiger partial charge in [0.25, 0.3) is 5.91 Å². The highest BCUT2D eigenvalue weighted by Gasteiger charge is 2.10. The van der Waals surface area contributed by atoms with E-state index in [9.17, 15) is 9.18 Å². The maximum Gasteiger partial charge on any atom is 0.258 e. The molecule has 1 aromatic heterocycles. The first-order valence-corrected chi connectivity index (χ1v) is 8.16. The molecule has 0 saturated carbocycles. The van der Waals surface area contributed by atoms with Crippen LogP contribution in [0.3, 0.4) is 0 Å². The van der Waals surface area contributed by atoms with Crippen LogP contribution in [0.2, 0.25) is 0 Å². The summed E-state index contributed by atoms with van der Waals surface area (Å²) in [6.07, 6.45) is 2.87. The molecule has 2 aromatic carbocycles. The Morgan fingerprint density at radius 1 is 1.00 bits per heavy atom. The Morgan fingerprint density at radius 3 is 2.27 bits per heavy atom. The Hall–Kier alpha value is -3.28. The van der Waals surface area contributed by atoms with Crippen molar-refractivity contribution in [1.82, 2.24) is 9.97 Å². The topological polar surface area (TPSA) is 66.9 Å². The number of nitrogens with zero attached hydrogens (tertiary/aromatic N) is 2. The van der Waals surface area contributed by atoms with Crippen LogP contribution in [0.25, 0.3) is 0 Å². The van der Waals surface area contributed by atoms with E-state index in [2.05, 4.69) is 32.7 Å². The quantitative estimate of drug-likeness (QED) is 0.725. The zero-order valence-electron chi connectivity index (χ0n) is 14.8. The number of hydrogen-bond acceptors (Lipinski definition) is 4. The predicted octanol–water partition coefficient (Wildman–Crippen LogP) is 4.54. The number of carbonyl (C=O) groups is 1. The molecule has 0 aliphatic rings. The third-order valence-corrected chi connectivity index (χ3v) is 3.91. The van der Waals surface area contributed by atoms with E-state index in [1.807, 2.05) is 20.8 Å². The number of halogens is 1. The van der Waals surface area contributed by atoms with E-state index in [1.165, 1.54) is 36.2 Å². The van der Waals surface area contributed by atoms with E-state index in [4.69, 9.17) is 0 Å². The molecule has 0 unspecified atom stereocenters. The van der Waals surface area contributed by atoms with Gasteiger partial charge in [0.15, 0.2) is 0 Å². The lowest BCUT2D eigenvalue weighted by Gasteiger charge is -2.12. The molecule has 0 aliphatic heterocycles. The summed E-state index contributed by atoms with van der Waals surface area (Å²) in [4.78, 5) is 20.6. The van der Waals surface area contributed by atoms with Crippen molar-refractivity contribution in [3.8, 4) is 0 Å². The molecule has 5 nitrogen and oxygen atoms in total. The van der Waals surface area contributed by atoms with Gasteiger partial charge in [-0.05, 0) is 50.1 Å². The smallest absolute Gasteiger partial charge is 0.258 e. The normalized spacial score (nSPS) is 10.5. The predicted molar refractivity (Wildman–Crippen MR) is 100 cm³/mol. The molecule has 3 rings (SSSR count). The molecular formula is C20H19FN4O. The molecule has 0 atom stereocenters. The second kappa shape index (κ2) is 7.31. The summed E-state index contributed by atoms with van der Waals surface area (Å²) < 4.78 is 13.2. The Labute approximate surface area is 151 Å². The van der Waals surface area contributed by atoms with E-state index in [0.29, 0.717) is 11.6 Å². The molecule has 3 aromatic rings. The van der Waals surface area contributed by atoms with Crippen molar-refractivity contribution in [3.05, 3.63) is 76.9 Å². The fourth-order valence-electron chi connectivity index (χ4n) is 2.77. The van der Waals surface area contributed by atoms with E-state index in [0.717, 1.165) is 16.8 Å². The number of anilines is 3. The van der Waals surface area contributed by atoms with Crippen molar-refractivity contribution in [2.75, 3.05) is 10.6 Å². The Bertz CT molecular complexity index is 931. The van der Waals surface area contributed by atoms with Crippen molar-refractivity contribution in [1.29, 1.82) is 0 Å². The summed E-state index contributed by atoms with van der Waals surface area (Å²) in [6, 6.07) is 9.86. The average Bonchev–Trinajstić information content (AvgIpc) is 2.58. The molecule has 0 aliphatic carbocycles. The molecule has 26 heavy (non-hydrogen) atoms.